The zero-order chi connectivity index (χ0) is 28.0. The lowest BCUT2D eigenvalue weighted by atomic mass is 10.0. The number of carbonyl (C=O) groups is 2. The van der Waals surface area contributed by atoms with Crippen molar-refractivity contribution >= 4 is 51.5 Å². The largest absolute Gasteiger partial charge is 0.466 e. The molecule has 2 aliphatic heterocycles. The molecule has 0 spiro atoms. The molecule has 5 heterocycles. The van der Waals surface area contributed by atoms with Crippen molar-refractivity contribution in [3.8, 4) is 0 Å². The Morgan fingerprint density at radius 2 is 2.00 bits per heavy atom. The molecule has 0 unspecified atom stereocenters. The van der Waals surface area contributed by atoms with E-state index >= 15 is 0 Å². The topological polar surface area (TPSA) is 85.9 Å². The maximum atomic E-state index is 13.9. The van der Waals surface area contributed by atoms with Gasteiger partial charge in [-0.2, -0.15) is 0 Å². The number of hydrogen-bond donors (Lipinski definition) is 0. The molecule has 1 amide bonds. The number of aromatic nitrogens is 2. The fourth-order valence-corrected chi connectivity index (χ4v) is 7.64. The van der Waals surface area contributed by atoms with Crippen LogP contribution in [-0.4, -0.2) is 45.6 Å². The fourth-order valence-electron chi connectivity index (χ4n) is 5.78. The second-order valence-corrected chi connectivity index (χ2v) is 12.2. The van der Waals surface area contributed by atoms with E-state index in [0.29, 0.717) is 20.6 Å². The molecular formula is C30H30N4O4S2. The number of amides is 1. The van der Waals surface area contributed by atoms with Crippen LogP contribution in [0.4, 0.5) is 0 Å². The number of para-hydroxylation sites is 1. The third-order valence-corrected chi connectivity index (χ3v) is 9.68. The number of allylic oxidation sites excluding steroid dienone is 1. The first kappa shape index (κ1) is 26.5. The molecule has 1 fully saturated rings. The molecule has 0 aliphatic carbocycles. The number of esters is 1. The summed E-state index contributed by atoms with van der Waals surface area (Å²) in [7, 11) is 1.34. The molecule has 1 saturated heterocycles. The standard InChI is InChI=1S/C30H30N4O4S2/c1-18-9-6-7-13-33(18)25(35)17-32-16-20(21-10-4-5-11-22(21)32)15-24-28(36)34-27(23-12-8-14-39-23)26(29(37)38-3)19(2)31-30(34)40-24/h4-5,8,10-12,14-16,18,27H,6-7,9,13,17H2,1-3H3/t18-,27-/m0/s1. The molecule has 10 heteroatoms. The van der Waals surface area contributed by atoms with E-state index in [-0.39, 0.29) is 24.1 Å². The molecule has 0 radical (unpaired) electrons. The van der Waals surface area contributed by atoms with Crippen molar-refractivity contribution in [2.45, 2.75) is 51.7 Å². The minimum absolute atomic E-state index is 0.112. The maximum Gasteiger partial charge on any atom is 0.338 e. The van der Waals surface area contributed by atoms with Gasteiger partial charge in [-0.15, -0.1) is 11.3 Å². The molecule has 6 rings (SSSR count). The number of benzene rings is 1. The van der Waals surface area contributed by atoms with Crippen LogP contribution in [0.1, 0.15) is 49.6 Å². The molecule has 206 valence electrons. The average molecular weight is 575 g/mol. The number of thiazole rings is 1. The quantitative estimate of drug-likeness (QED) is 0.339. The smallest absolute Gasteiger partial charge is 0.338 e. The van der Waals surface area contributed by atoms with Crippen molar-refractivity contribution in [1.29, 1.82) is 0 Å². The van der Waals surface area contributed by atoms with Crippen LogP contribution in [0.25, 0.3) is 17.0 Å². The lowest BCUT2D eigenvalue weighted by molar-refractivity contribution is -0.137. The van der Waals surface area contributed by atoms with E-state index in [1.54, 1.807) is 11.5 Å². The van der Waals surface area contributed by atoms with Gasteiger partial charge in [0.25, 0.3) is 5.56 Å². The molecule has 1 aromatic carbocycles. The summed E-state index contributed by atoms with van der Waals surface area (Å²) in [6.45, 7) is 4.94. The Labute approximate surface area is 239 Å². The van der Waals surface area contributed by atoms with Crippen molar-refractivity contribution in [2.24, 2.45) is 4.99 Å². The van der Waals surface area contributed by atoms with Gasteiger partial charge in [-0.25, -0.2) is 9.79 Å². The molecule has 4 aromatic rings. The van der Waals surface area contributed by atoms with Gasteiger partial charge in [-0.1, -0.05) is 35.6 Å². The Morgan fingerprint density at radius 3 is 2.75 bits per heavy atom. The number of piperidine rings is 1. The van der Waals surface area contributed by atoms with Crippen LogP contribution < -0.4 is 14.9 Å². The summed E-state index contributed by atoms with van der Waals surface area (Å²) < 4.78 is 9.17. The van der Waals surface area contributed by atoms with Gasteiger partial charge in [0.05, 0.1) is 22.9 Å². The Hall–Kier alpha value is -3.76. The lowest BCUT2D eigenvalue weighted by Crippen LogP contribution is -2.43. The Bertz CT molecular complexity index is 1830. The first-order valence-corrected chi connectivity index (χ1v) is 15.1. The van der Waals surface area contributed by atoms with Gasteiger partial charge in [-0.3, -0.25) is 14.2 Å². The highest BCUT2D eigenvalue weighted by Crippen LogP contribution is 2.33. The third kappa shape index (κ3) is 4.54. The molecule has 8 nitrogen and oxygen atoms in total. The number of nitrogens with zero attached hydrogens (tertiary/aromatic N) is 4. The van der Waals surface area contributed by atoms with E-state index in [1.807, 2.05) is 63.5 Å². The van der Waals surface area contributed by atoms with Crippen LogP contribution in [-0.2, 0) is 20.9 Å². The number of thiophene rings is 1. The predicted molar refractivity (Wildman–Crippen MR) is 157 cm³/mol. The summed E-state index contributed by atoms with van der Waals surface area (Å²) in [5.74, 6) is -0.384. The summed E-state index contributed by atoms with van der Waals surface area (Å²) >= 11 is 2.78. The van der Waals surface area contributed by atoms with Crippen molar-refractivity contribution in [1.82, 2.24) is 14.0 Å². The number of carbonyl (C=O) groups excluding carboxylic acids is 2. The van der Waals surface area contributed by atoms with Gasteiger partial charge < -0.3 is 14.2 Å². The molecule has 40 heavy (non-hydrogen) atoms. The molecule has 3 aromatic heterocycles. The number of ether oxygens (including phenoxy) is 1. The molecule has 2 aliphatic rings. The van der Waals surface area contributed by atoms with E-state index in [1.165, 1.54) is 29.8 Å². The molecule has 0 bridgehead atoms. The zero-order valence-electron chi connectivity index (χ0n) is 22.6. The second kappa shape index (κ2) is 10.7. The van der Waals surface area contributed by atoms with Crippen LogP contribution in [0.2, 0.25) is 0 Å². The highest BCUT2D eigenvalue weighted by Gasteiger charge is 2.33. The summed E-state index contributed by atoms with van der Waals surface area (Å²) in [4.78, 5) is 48.0. The van der Waals surface area contributed by atoms with Crippen LogP contribution in [0, 0.1) is 0 Å². The Balaban J connectivity index is 1.45. The number of methoxy groups -OCH3 is 1. The summed E-state index contributed by atoms with van der Waals surface area (Å²) in [6, 6.07) is 11.4. The number of fused-ring (bicyclic) bond motifs is 2. The predicted octanol–water partition coefficient (Wildman–Crippen LogP) is 3.83. The molecule has 0 N–H and O–H groups in total. The van der Waals surface area contributed by atoms with Gasteiger partial charge in [0.2, 0.25) is 5.91 Å². The van der Waals surface area contributed by atoms with Crippen molar-refractivity contribution < 1.29 is 14.3 Å². The van der Waals surface area contributed by atoms with Crippen molar-refractivity contribution in [3.63, 3.8) is 0 Å². The van der Waals surface area contributed by atoms with E-state index in [9.17, 15) is 14.4 Å². The monoisotopic (exact) mass is 574 g/mol. The average Bonchev–Trinajstić information content (AvgIpc) is 3.67. The second-order valence-electron chi connectivity index (χ2n) is 10.3. The van der Waals surface area contributed by atoms with Crippen LogP contribution in [0.15, 0.2) is 69.0 Å². The third-order valence-electron chi connectivity index (χ3n) is 7.77. The number of likely N-dealkylation sites (tertiary alicyclic amines) is 1. The van der Waals surface area contributed by atoms with Crippen LogP contribution in [0.5, 0.6) is 0 Å². The number of hydrogen-bond acceptors (Lipinski definition) is 7. The van der Waals surface area contributed by atoms with E-state index in [2.05, 4.69) is 11.9 Å². The summed E-state index contributed by atoms with van der Waals surface area (Å²) in [5.41, 5.74) is 2.49. The first-order chi connectivity index (χ1) is 19.4. The summed E-state index contributed by atoms with van der Waals surface area (Å²) in [5, 5.41) is 2.89. The minimum Gasteiger partial charge on any atom is -0.466 e. The number of rotatable bonds is 5. The maximum absolute atomic E-state index is 13.9. The fraction of sp³-hybridized carbons (Fsp3) is 0.333. The van der Waals surface area contributed by atoms with E-state index in [4.69, 9.17) is 4.74 Å². The SMILES string of the molecule is COC(=O)C1=C(C)N=c2sc(=Cc3cn(CC(=O)N4CCCC[C@@H]4C)c4ccccc34)c(=O)n2[C@H]1c1cccs1. The summed E-state index contributed by atoms with van der Waals surface area (Å²) in [6.07, 6.45) is 7.06. The van der Waals surface area contributed by atoms with E-state index < -0.39 is 12.0 Å². The lowest BCUT2D eigenvalue weighted by Gasteiger charge is -2.33. The van der Waals surface area contributed by atoms with Gasteiger partial charge in [0.1, 0.15) is 12.6 Å². The first-order valence-electron chi connectivity index (χ1n) is 13.4. The highest BCUT2D eigenvalue weighted by atomic mass is 32.1. The van der Waals surface area contributed by atoms with Gasteiger partial charge in [0.15, 0.2) is 4.80 Å². The van der Waals surface area contributed by atoms with Gasteiger partial charge in [-0.05, 0) is 56.7 Å². The van der Waals surface area contributed by atoms with Crippen molar-refractivity contribution in [2.75, 3.05) is 13.7 Å². The molecular weight excluding hydrogens is 544 g/mol. The van der Waals surface area contributed by atoms with Gasteiger partial charge >= 0.3 is 5.97 Å². The molecule has 2 atom stereocenters. The zero-order valence-corrected chi connectivity index (χ0v) is 24.3. The Kier molecular flexibility index (Phi) is 7.06. The normalized spacial score (nSPS) is 19.6. The highest BCUT2D eigenvalue weighted by molar-refractivity contribution is 7.10. The van der Waals surface area contributed by atoms with Crippen LogP contribution >= 0.6 is 22.7 Å². The van der Waals surface area contributed by atoms with Crippen LogP contribution in [0.3, 0.4) is 0 Å². The van der Waals surface area contributed by atoms with Gasteiger partial charge in [0, 0.05) is 40.1 Å². The molecule has 0 saturated carbocycles. The minimum atomic E-state index is -0.601. The Morgan fingerprint density at radius 1 is 1.18 bits per heavy atom. The van der Waals surface area contributed by atoms with E-state index in [0.717, 1.165) is 47.2 Å². The van der Waals surface area contributed by atoms with Crippen molar-refractivity contribution in [3.05, 3.63) is 89.4 Å².